The van der Waals surface area contributed by atoms with Crippen molar-refractivity contribution in [1.82, 2.24) is 5.32 Å². The molecule has 150 valence electrons. The molecule has 0 aliphatic heterocycles. The summed E-state index contributed by atoms with van der Waals surface area (Å²) < 4.78 is 27.4. The van der Waals surface area contributed by atoms with E-state index in [-0.39, 0.29) is 27.3 Å². The van der Waals surface area contributed by atoms with Crippen LogP contribution in [0.2, 0.25) is 10.0 Å². The number of benzene rings is 2. The lowest BCUT2D eigenvalue weighted by Gasteiger charge is -2.11. The molecule has 3 rings (SSSR count). The van der Waals surface area contributed by atoms with E-state index in [4.69, 9.17) is 23.2 Å². The molecule has 0 heterocycles. The number of hydrogen-bond acceptors (Lipinski definition) is 3. The number of sulfonamides is 1. The van der Waals surface area contributed by atoms with E-state index < -0.39 is 10.0 Å². The number of carbonyl (C=O) groups is 1. The van der Waals surface area contributed by atoms with Gasteiger partial charge < -0.3 is 5.32 Å². The third-order valence-corrected chi connectivity index (χ3v) is 6.95. The van der Waals surface area contributed by atoms with Gasteiger partial charge in [-0.25, -0.2) is 8.42 Å². The van der Waals surface area contributed by atoms with Gasteiger partial charge in [0.2, 0.25) is 5.91 Å². The number of anilines is 1. The first-order valence-corrected chi connectivity index (χ1v) is 11.4. The van der Waals surface area contributed by atoms with Crippen LogP contribution in [0.25, 0.3) is 0 Å². The topological polar surface area (TPSA) is 75.3 Å². The summed E-state index contributed by atoms with van der Waals surface area (Å²) in [5, 5.41) is 3.44. The molecule has 2 aromatic carbocycles. The Hall–Kier alpha value is -1.76. The fraction of sp³-hybridized carbons (Fsp3) is 0.350. The highest BCUT2D eigenvalue weighted by molar-refractivity contribution is 7.92. The van der Waals surface area contributed by atoms with E-state index in [0.717, 1.165) is 12.1 Å². The van der Waals surface area contributed by atoms with Crippen molar-refractivity contribution >= 4 is 44.8 Å². The number of amides is 1. The molecule has 1 amide bonds. The first-order chi connectivity index (χ1) is 13.3. The number of carbonyl (C=O) groups excluding carboxylic acids is 1. The van der Waals surface area contributed by atoms with E-state index in [1.54, 1.807) is 24.3 Å². The zero-order valence-corrected chi connectivity index (χ0v) is 17.6. The Kier molecular flexibility index (Phi) is 6.86. The quantitative estimate of drug-likeness (QED) is 0.657. The second kappa shape index (κ2) is 9.16. The van der Waals surface area contributed by atoms with Crippen LogP contribution in [0, 0.1) is 5.92 Å². The zero-order chi connectivity index (χ0) is 20.1. The van der Waals surface area contributed by atoms with Crippen molar-refractivity contribution in [2.45, 2.75) is 37.0 Å². The van der Waals surface area contributed by atoms with Crippen molar-refractivity contribution in [3.8, 4) is 0 Å². The van der Waals surface area contributed by atoms with Crippen LogP contribution < -0.4 is 10.0 Å². The lowest BCUT2D eigenvalue weighted by Crippen LogP contribution is -2.29. The SMILES string of the molecule is O=C(Cc1ccc(NS(=O)(=O)c2ccc(Cl)c(Cl)c2)cc1)NCC1CCCC1. The van der Waals surface area contributed by atoms with Gasteiger partial charge in [0.15, 0.2) is 0 Å². The smallest absolute Gasteiger partial charge is 0.261 e. The molecule has 2 aromatic rings. The van der Waals surface area contributed by atoms with E-state index in [0.29, 0.717) is 11.6 Å². The molecule has 1 aliphatic carbocycles. The highest BCUT2D eigenvalue weighted by Crippen LogP contribution is 2.26. The number of nitrogens with one attached hydrogen (secondary N) is 2. The highest BCUT2D eigenvalue weighted by atomic mass is 35.5. The van der Waals surface area contributed by atoms with Crippen LogP contribution >= 0.6 is 23.2 Å². The lowest BCUT2D eigenvalue weighted by atomic mass is 10.1. The first kappa shape index (κ1) is 21.0. The molecule has 0 radical (unpaired) electrons. The summed E-state index contributed by atoms with van der Waals surface area (Å²) in [5.41, 5.74) is 1.22. The first-order valence-electron chi connectivity index (χ1n) is 9.17. The summed E-state index contributed by atoms with van der Waals surface area (Å²) >= 11 is 11.7. The van der Waals surface area contributed by atoms with E-state index in [1.165, 1.54) is 43.9 Å². The van der Waals surface area contributed by atoms with Crippen LogP contribution in [0.4, 0.5) is 5.69 Å². The number of rotatable bonds is 7. The fourth-order valence-corrected chi connectivity index (χ4v) is 4.72. The molecule has 0 unspecified atom stereocenters. The molecule has 2 N–H and O–H groups in total. The highest BCUT2D eigenvalue weighted by Gasteiger charge is 2.17. The van der Waals surface area contributed by atoms with Gasteiger partial charge in [-0.15, -0.1) is 0 Å². The van der Waals surface area contributed by atoms with Gasteiger partial charge in [-0.1, -0.05) is 48.2 Å². The average molecular weight is 441 g/mol. The van der Waals surface area contributed by atoms with Crippen molar-refractivity contribution in [1.29, 1.82) is 0 Å². The van der Waals surface area contributed by atoms with Crippen LogP contribution in [0.3, 0.4) is 0 Å². The van der Waals surface area contributed by atoms with Gasteiger partial charge in [0.1, 0.15) is 0 Å². The van der Waals surface area contributed by atoms with Gasteiger partial charge in [0.05, 0.1) is 21.4 Å². The monoisotopic (exact) mass is 440 g/mol. The molecule has 1 aliphatic rings. The molecule has 8 heteroatoms. The van der Waals surface area contributed by atoms with E-state index in [9.17, 15) is 13.2 Å². The summed E-state index contributed by atoms with van der Waals surface area (Å²) in [7, 11) is -3.78. The second-order valence-electron chi connectivity index (χ2n) is 7.01. The maximum atomic E-state index is 12.5. The molecule has 1 fully saturated rings. The normalized spacial score (nSPS) is 14.8. The maximum Gasteiger partial charge on any atom is 0.261 e. The van der Waals surface area contributed by atoms with Crippen molar-refractivity contribution < 1.29 is 13.2 Å². The van der Waals surface area contributed by atoms with E-state index in [2.05, 4.69) is 10.0 Å². The third-order valence-electron chi connectivity index (χ3n) is 4.83. The third kappa shape index (κ3) is 5.63. The van der Waals surface area contributed by atoms with Crippen molar-refractivity contribution in [3.05, 3.63) is 58.1 Å². The Labute approximate surface area is 175 Å². The van der Waals surface area contributed by atoms with Gasteiger partial charge in [-0.3, -0.25) is 9.52 Å². The predicted molar refractivity (Wildman–Crippen MR) is 112 cm³/mol. The van der Waals surface area contributed by atoms with Crippen LogP contribution in [0.1, 0.15) is 31.2 Å². The zero-order valence-electron chi connectivity index (χ0n) is 15.3. The Balaban J connectivity index is 1.57. The van der Waals surface area contributed by atoms with Crippen molar-refractivity contribution in [2.75, 3.05) is 11.3 Å². The van der Waals surface area contributed by atoms with Gasteiger partial charge in [0.25, 0.3) is 10.0 Å². The molecular weight excluding hydrogens is 419 g/mol. The minimum atomic E-state index is -3.78. The minimum Gasteiger partial charge on any atom is -0.356 e. The molecule has 28 heavy (non-hydrogen) atoms. The van der Waals surface area contributed by atoms with Crippen LogP contribution in [-0.4, -0.2) is 20.9 Å². The van der Waals surface area contributed by atoms with Gasteiger partial charge in [-0.2, -0.15) is 0 Å². The van der Waals surface area contributed by atoms with Crippen LogP contribution in [-0.2, 0) is 21.2 Å². The second-order valence-corrected chi connectivity index (χ2v) is 9.51. The Bertz CT molecular complexity index is 940. The number of hydrogen-bond donors (Lipinski definition) is 2. The predicted octanol–water partition coefficient (Wildman–Crippen LogP) is 4.64. The van der Waals surface area contributed by atoms with Crippen LogP contribution in [0.5, 0.6) is 0 Å². The van der Waals surface area contributed by atoms with Gasteiger partial charge in [0, 0.05) is 12.2 Å². The number of halogens is 2. The van der Waals surface area contributed by atoms with E-state index in [1.807, 2.05) is 0 Å². The Morgan fingerprint density at radius 2 is 1.68 bits per heavy atom. The largest absolute Gasteiger partial charge is 0.356 e. The molecule has 0 atom stereocenters. The summed E-state index contributed by atoms with van der Waals surface area (Å²) in [6, 6.07) is 10.9. The standard InChI is InChI=1S/C20H22Cl2N2O3S/c21-18-10-9-17(12-19(18)22)28(26,27)24-16-7-5-14(6-8-16)11-20(25)23-13-15-3-1-2-4-15/h5-10,12,15,24H,1-4,11,13H2,(H,23,25). The van der Waals surface area contributed by atoms with E-state index >= 15 is 0 Å². The molecule has 0 bridgehead atoms. The molecular formula is C20H22Cl2N2O3S. The van der Waals surface area contributed by atoms with Gasteiger partial charge >= 0.3 is 0 Å². The fourth-order valence-electron chi connectivity index (χ4n) is 3.27. The molecule has 0 saturated heterocycles. The molecule has 0 aromatic heterocycles. The summed E-state index contributed by atoms with van der Waals surface area (Å²) in [6.07, 6.45) is 5.15. The van der Waals surface area contributed by atoms with Crippen LogP contribution in [0.15, 0.2) is 47.4 Å². The lowest BCUT2D eigenvalue weighted by molar-refractivity contribution is -0.120. The Morgan fingerprint density at radius 3 is 2.32 bits per heavy atom. The van der Waals surface area contributed by atoms with Crippen molar-refractivity contribution in [2.24, 2.45) is 5.92 Å². The molecule has 0 spiro atoms. The average Bonchev–Trinajstić information content (AvgIpc) is 3.17. The van der Waals surface area contributed by atoms with Crippen molar-refractivity contribution in [3.63, 3.8) is 0 Å². The Morgan fingerprint density at radius 1 is 1.00 bits per heavy atom. The summed E-state index contributed by atoms with van der Waals surface area (Å²) in [4.78, 5) is 12.1. The molecule has 5 nitrogen and oxygen atoms in total. The summed E-state index contributed by atoms with van der Waals surface area (Å²) in [6.45, 7) is 0.736. The molecule has 1 saturated carbocycles. The minimum absolute atomic E-state index is 0.0176. The maximum absolute atomic E-state index is 12.5. The summed E-state index contributed by atoms with van der Waals surface area (Å²) in [5.74, 6) is 0.582. The van der Waals surface area contributed by atoms with Gasteiger partial charge in [-0.05, 0) is 54.7 Å².